The molecular formula is C20H26FN5O3S. The second-order valence-corrected chi connectivity index (χ2v) is 8.24. The van der Waals surface area contributed by atoms with Gasteiger partial charge >= 0.3 is 0 Å². The molecule has 1 aromatic carbocycles. The Morgan fingerprint density at radius 1 is 1.37 bits per heavy atom. The Hall–Kier alpha value is -2.59. The normalized spacial score (nSPS) is 17.2. The Bertz CT molecular complexity index is 891. The molecule has 1 unspecified atom stereocenters. The Kier molecular flexibility index (Phi) is 7.33. The maximum atomic E-state index is 13.2. The molecule has 1 N–H and O–H groups in total. The standard InChI is InChI=1S/C20H26FN5O3S/c1-13(2)17-18(30-24-23-17)20(28)26-9-8-25(3)16(12-26)19(27)22-7-10-29-15-6-4-5-14(21)11-15/h4-6,11,13,16H,7-10,12H2,1-3H3,(H,22,27). The number of hydrogen-bond donors (Lipinski definition) is 1. The number of ether oxygens (including phenoxy) is 1. The van der Waals surface area contributed by atoms with E-state index in [9.17, 15) is 14.0 Å². The summed E-state index contributed by atoms with van der Waals surface area (Å²) in [5.41, 5.74) is 0.694. The lowest BCUT2D eigenvalue weighted by atomic mass is 10.1. The molecule has 1 aliphatic rings. The minimum absolute atomic E-state index is 0.104. The third-order valence-electron chi connectivity index (χ3n) is 4.96. The van der Waals surface area contributed by atoms with Crippen LogP contribution in [0.25, 0.3) is 0 Å². The molecule has 0 bridgehead atoms. The van der Waals surface area contributed by atoms with Gasteiger partial charge in [0, 0.05) is 25.7 Å². The highest BCUT2D eigenvalue weighted by Gasteiger charge is 2.34. The first kappa shape index (κ1) is 22.1. The van der Waals surface area contributed by atoms with E-state index in [1.54, 1.807) is 17.0 Å². The van der Waals surface area contributed by atoms with Crippen LogP contribution in [0.5, 0.6) is 5.75 Å². The Balaban J connectivity index is 1.53. The van der Waals surface area contributed by atoms with Crippen molar-refractivity contribution < 1.29 is 18.7 Å². The number of likely N-dealkylation sites (N-methyl/N-ethyl adjacent to an activating group) is 1. The van der Waals surface area contributed by atoms with E-state index in [2.05, 4.69) is 14.9 Å². The van der Waals surface area contributed by atoms with Crippen LogP contribution in [-0.2, 0) is 4.79 Å². The Morgan fingerprint density at radius 2 is 2.17 bits per heavy atom. The summed E-state index contributed by atoms with van der Waals surface area (Å²) in [5.74, 6) is -0.164. The zero-order valence-electron chi connectivity index (χ0n) is 17.3. The number of nitrogens with zero attached hydrogens (tertiary/aromatic N) is 4. The molecule has 30 heavy (non-hydrogen) atoms. The summed E-state index contributed by atoms with van der Waals surface area (Å²) in [6, 6.07) is 5.39. The number of rotatable bonds is 7. The summed E-state index contributed by atoms with van der Waals surface area (Å²) in [7, 11) is 1.86. The van der Waals surface area contributed by atoms with Crippen molar-refractivity contribution in [2.75, 3.05) is 39.8 Å². The Labute approximate surface area is 179 Å². The van der Waals surface area contributed by atoms with Gasteiger partial charge in [0.05, 0.1) is 12.2 Å². The van der Waals surface area contributed by atoms with Crippen LogP contribution in [0, 0.1) is 5.82 Å². The highest BCUT2D eigenvalue weighted by Crippen LogP contribution is 2.22. The number of carbonyl (C=O) groups is 2. The van der Waals surface area contributed by atoms with Crippen molar-refractivity contribution >= 4 is 23.3 Å². The number of hydrogen-bond acceptors (Lipinski definition) is 7. The molecule has 2 amide bonds. The average molecular weight is 436 g/mol. The van der Waals surface area contributed by atoms with Crippen molar-refractivity contribution in [3.63, 3.8) is 0 Å². The first-order valence-electron chi connectivity index (χ1n) is 9.84. The molecule has 1 aromatic heterocycles. The van der Waals surface area contributed by atoms with Crippen LogP contribution in [-0.4, -0.2) is 77.1 Å². The fourth-order valence-electron chi connectivity index (χ4n) is 3.23. The second-order valence-electron chi connectivity index (χ2n) is 7.49. The van der Waals surface area contributed by atoms with Crippen molar-refractivity contribution in [1.29, 1.82) is 0 Å². The summed E-state index contributed by atoms with van der Waals surface area (Å²) >= 11 is 1.10. The summed E-state index contributed by atoms with van der Waals surface area (Å²) in [5, 5.41) is 6.91. The van der Waals surface area contributed by atoms with Crippen molar-refractivity contribution in [2.45, 2.75) is 25.8 Å². The second kappa shape index (κ2) is 9.94. The number of aromatic nitrogens is 2. The van der Waals surface area contributed by atoms with E-state index in [-0.39, 0.29) is 36.7 Å². The number of piperazine rings is 1. The molecule has 0 radical (unpaired) electrons. The lowest BCUT2D eigenvalue weighted by Gasteiger charge is -2.38. The van der Waals surface area contributed by atoms with Crippen LogP contribution >= 0.6 is 11.5 Å². The molecule has 162 valence electrons. The molecule has 1 saturated heterocycles. The van der Waals surface area contributed by atoms with Gasteiger partial charge in [-0.05, 0) is 36.6 Å². The van der Waals surface area contributed by atoms with Gasteiger partial charge in [0.15, 0.2) is 0 Å². The SMILES string of the molecule is CC(C)c1nnsc1C(=O)N1CCN(C)C(C(=O)NCCOc2cccc(F)c2)C1. The van der Waals surface area contributed by atoms with E-state index in [4.69, 9.17) is 4.74 Å². The molecule has 1 aliphatic heterocycles. The van der Waals surface area contributed by atoms with E-state index >= 15 is 0 Å². The summed E-state index contributed by atoms with van der Waals surface area (Å²) in [6.45, 7) is 5.87. The minimum atomic E-state index is -0.458. The Morgan fingerprint density at radius 3 is 2.90 bits per heavy atom. The minimum Gasteiger partial charge on any atom is -0.492 e. The van der Waals surface area contributed by atoms with Crippen molar-refractivity contribution in [1.82, 2.24) is 24.7 Å². The van der Waals surface area contributed by atoms with Crippen LogP contribution < -0.4 is 10.1 Å². The number of halogens is 1. The highest BCUT2D eigenvalue weighted by atomic mass is 32.1. The topological polar surface area (TPSA) is 87.7 Å². The summed E-state index contributed by atoms with van der Waals surface area (Å²) in [4.78, 5) is 29.8. The van der Waals surface area contributed by atoms with E-state index in [1.165, 1.54) is 12.1 Å². The highest BCUT2D eigenvalue weighted by molar-refractivity contribution is 7.08. The average Bonchev–Trinajstić information content (AvgIpc) is 3.21. The summed E-state index contributed by atoms with van der Waals surface area (Å²) in [6.07, 6.45) is 0. The third kappa shape index (κ3) is 5.31. The van der Waals surface area contributed by atoms with Gasteiger partial charge in [-0.2, -0.15) is 0 Å². The molecule has 10 heteroatoms. The maximum absolute atomic E-state index is 13.2. The van der Waals surface area contributed by atoms with Crippen LogP contribution in [0.2, 0.25) is 0 Å². The molecular weight excluding hydrogens is 409 g/mol. The lowest BCUT2D eigenvalue weighted by Crippen LogP contribution is -2.59. The van der Waals surface area contributed by atoms with E-state index in [0.29, 0.717) is 36.0 Å². The molecule has 0 aliphatic carbocycles. The van der Waals surface area contributed by atoms with Gasteiger partial charge in [-0.1, -0.05) is 24.4 Å². The van der Waals surface area contributed by atoms with Gasteiger partial charge in [0.2, 0.25) is 5.91 Å². The maximum Gasteiger partial charge on any atom is 0.267 e. The molecule has 3 rings (SSSR count). The molecule has 1 atom stereocenters. The van der Waals surface area contributed by atoms with E-state index < -0.39 is 6.04 Å². The number of nitrogens with one attached hydrogen (secondary N) is 1. The van der Waals surface area contributed by atoms with E-state index in [0.717, 1.165) is 11.5 Å². The quantitative estimate of drug-likeness (QED) is 0.667. The van der Waals surface area contributed by atoms with Crippen molar-refractivity contribution in [3.05, 3.63) is 40.7 Å². The fourth-order valence-corrected chi connectivity index (χ4v) is 4.01. The predicted octanol–water partition coefficient (Wildman–Crippen LogP) is 1.75. The van der Waals surface area contributed by atoms with Gasteiger partial charge in [-0.3, -0.25) is 14.5 Å². The van der Waals surface area contributed by atoms with Gasteiger partial charge in [-0.25, -0.2) is 4.39 Å². The molecule has 2 heterocycles. The predicted molar refractivity (Wildman–Crippen MR) is 111 cm³/mol. The third-order valence-corrected chi connectivity index (χ3v) is 5.69. The summed E-state index contributed by atoms with van der Waals surface area (Å²) < 4.78 is 22.5. The molecule has 1 fully saturated rings. The van der Waals surface area contributed by atoms with Gasteiger partial charge in [0.25, 0.3) is 5.91 Å². The lowest BCUT2D eigenvalue weighted by molar-refractivity contribution is -0.127. The molecule has 0 spiro atoms. The smallest absolute Gasteiger partial charge is 0.267 e. The van der Waals surface area contributed by atoms with Crippen molar-refractivity contribution in [3.8, 4) is 5.75 Å². The molecule has 2 aromatic rings. The van der Waals surface area contributed by atoms with Crippen LogP contribution in [0.3, 0.4) is 0 Å². The van der Waals surface area contributed by atoms with Crippen LogP contribution in [0.1, 0.15) is 35.1 Å². The first-order chi connectivity index (χ1) is 14.4. The molecule has 0 saturated carbocycles. The first-order valence-corrected chi connectivity index (χ1v) is 10.6. The van der Waals surface area contributed by atoms with Gasteiger partial charge in [0.1, 0.15) is 29.1 Å². The zero-order chi connectivity index (χ0) is 21.7. The number of benzene rings is 1. The van der Waals surface area contributed by atoms with Crippen molar-refractivity contribution in [2.24, 2.45) is 0 Å². The monoisotopic (exact) mass is 435 g/mol. The van der Waals surface area contributed by atoms with Gasteiger partial charge in [-0.15, -0.1) is 5.10 Å². The van der Waals surface area contributed by atoms with Crippen LogP contribution in [0.15, 0.2) is 24.3 Å². The van der Waals surface area contributed by atoms with E-state index in [1.807, 2.05) is 25.8 Å². The number of carbonyl (C=O) groups excluding carboxylic acids is 2. The fraction of sp³-hybridized carbons (Fsp3) is 0.500. The number of amides is 2. The van der Waals surface area contributed by atoms with Gasteiger partial charge < -0.3 is 15.0 Å². The largest absolute Gasteiger partial charge is 0.492 e. The zero-order valence-corrected chi connectivity index (χ0v) is 18.1. The molecule has 8 nitrogen and oxygen atoms in total. The van der Waals surface area contributed by atoms with Crippen LogP contribution in [0.4, 0.5) is 4.39 Å².